The normalized spacial score (nSPS) is 19.9. The van der Waals surface area contributed by atoms with Crippen LogP contribution in [0.25, 0.3) is 0 Å². The van der Waals surface area contributed by atoms with Crippen LogP contribution in [0, 0.1) is 5.41 Å². The van der Waals surface area contributed by atoms with Crippen molar-refractivity contribution < 1.29 is 14.3 Å². The van der Waals surface area contributed by atoms with Gasteiger partial charge in [-0.15, -0.1) is 0 Å². The highest BCUT2D eigenvalue weighted by atomic mass is 16.6. The van der Waals surface area contributed by atoms with Crippen molar-refractivity contribution in [2.24, 2.45) is 5.41 Å². The van der Waals surface area contributed by atoms with Gasteiger partial charge in [-0.1, -0.05) is 33.4 Å². The molecule has 0 aromatic heterocycles. The molecule has 1 heterocycles. The average Bonchev–Trinajstić information content (AvgIpc) is 2.61. The first-order valence-corrected chi connectivity index (χ1v) is 4.85. The van der Waals surface area contributed by atoms with Crippen molar-refractivity contribution in [1.29, 1.82) is 0 Å². The van der Waals surface area contributed by atoms with Gasteiger partial charge in [0.25, 0.3) is 0 Å². The van der Waals surface area contributed by atoms with Gasteiger partial charge in [-0.05, 0) is 0 Å². The standard InChI is InChI=1S/C11H17NO3/c1-5-7-15-10(13)12-6-8-14-9(12)11(2,3)4/h5-6,8-9H,1,7H2,2-4H3/t9-/m1/s1. The third-order valence-corrected chi connectivity index (χ3v) is 1.96. The van der Waals surface area contributed by atoms with E-state index in [-0.39, 0.29) is 18.2 Å². The molecule has 4 heteroatoms. The zero-order valence-electron chi connectivity index (χ0n) is 9.40. The predicted molar refractivity (Wildman–Crippen MR) is 56.9 cm³/mol. The lowest BCUT2D eigenvalue weighted by Gasteiger charge is -2.32. The monoisotopic (exact) mass is 211 g/mol. The Kier molecular flexibility index (Phi) is 3.39. The Hall–Kier alpha value is -1.45. The minimum Gasteiger partial charge on any atom is -0.475 e. The second-order valence-corrected chi connectivity index (χ2v) is 4.41. The maximum absolute atomic E-state index is 11.6. The van der Waals surface area contributed by atoms with E-state index in [1.54, 1.807) is 6.20 Å². The Morgan fingerprint density at radius 1 is 1.67 bits per heavy atom. The molecule has 0 unspecified atom stereocenters. The molecule has 0 N–H and O–H groups in total. The summed E-state index contributed by atoms with van der Waals surface area (Å²) < 4.78 is 10.3. The van der Waals surface area contributed by atoms with Gasteiger partial charge in [0.2, 0.25) is 0 Å². The van der Waals surface area contributed by atoms with Crippen molar-refractivity contribution in [2.45, 2.75) is 27.0 Å². The highest BCUT2D eigenvalue weighted by Gasteiger charge is 2.37. The summed E-state index contributed by atoms with van der Waals surface area (Å²) in [4.78, 5) is 13.0. The van der Waals surface area contributed by atoms with E-state index in [0.29, 0.717) is 0 Å². The third kappa shape index (κ3) is 2.75. The zero-order valence-corrected chi connectivity index (χ0v) is 9.40. The Labute approximate surface area is 90.2 Å². The summed E-state index contributed by atoms with van der Waals surface area (Å²) >= 11 is 0. The molecule has 0 aromatic carbocycles. The summed E-state index contributed by atoms with van der Waals surface area (Å²) in [6.07, 6.45) is 3.90. The van der Waals surface area contributed by atoms with Crippen LogP contribution in [0.4, 0.5) is 4.79 Å². The van der Waals surface area contributed by atoms with Crippen LogP contribution in [0.2, 0.25) is 0 Å². The van der Waals surface area contributed by atoms with Crippen molar-refractivity contribution in [3.05, 3.63) is 25.1 Å². The molecule has 0 saturated heterocycles. The van der Waals surface area contributed by atoms with Gasteiger partial charge in [-0.3, -0.25) is 0 Å². The van der Waals surface area contributed by atoms with E-state index in [1.165, 1.54) is 17.2 Å². The molecule has 15 heavy (non-hydrogen) atoms. The molecular formula is C11H17NO3. The van der Waals surface area contributed by atoms with Crippen LogP contribution in [-0.4, -0.2) is 23.8 Å². The average molecular weight is 211 g/mol. The van der Waals surface area contributed by atoms with Gasteiger partial charge >= 0.3 is 6.09 Å². The maximum Gasteiger partial charge on any atom is 0.417 e. The summed E-state index contributed by atoms with van der Waals surface area (Å²) in [6, 6.07) is 0. The van der Waals surface area contributed by atoms with Crippen LogP contribution in [0.3, 0.4) is 0 Å². The molecule has 0 bridgehead atoms. The van der Waals surface area contributed by atoms with Crippen molar-refractivity contribution in [3.8, 4) is 0 Å². The number of ether oxygens (including phenoxy) is 2. The summed E-state index contributed by atoms with van der Waals surface area (Å²) in [5.74, 6) is 0. The Balaban J connectivity index is 2.63. The van der Waals surface area contributed by atoms with Gasteiger partial charge in [-0.25, -0.2) is 9.69 Å². The maximum atomic E-state index is 11.6. The summed E-state index contributed by atoms with van der Waals surface area (Å²) in [6.45, 7) is 9.69. The molecule has 0 fully saturated rings. The number of hydrogen-bond donors (Lipinski definition) is 0. The van der Waals surface area contributed by atoms with Gasteiger partial charge in [-0.2, -0.15) is 0 Å². The Bertz CT molecular complexity index is 278. The minimum atomic E-state index is -0.413. The molecule has 1 rings (SSSR count). The topological polar surface area (TPSA) is 38.8 Å². The first-order valence-electron chi connectivity index (χ1n) is 4.85. The van der Waals surface area contributed by atoms with Crippen LogP contribution in [0.1, 0.15) is 20.8 Å². The van der Waals surface area contributed by atoms with Gasteiger partial charge in [0.1, 0.15) is 12.9 Å². The first kappa shape index (κ1) is 11.6. The van der Waals surface area contributed by atoms with Crippen molar-refractivity contribution >= 4 is 6.09 Å². The van der Waals surface area contributed by atoms with Gasteiger partial charge < -0.3 is 9.47 Å². The van der Waals surface area contributed by atoms with Crippen molar-refractivity contribution in [1.82, 2.24) is 4.90 Å². The van der Waals surface area contributed by atoms with E-state index in [9.17, 15) is 4.79 Å². The lowest BCUT2D eigenvalue weighted by Crippen LogP contribution is -2.42. The van der Waals surface area contributed by atoms with Crippen LogP contribution >= 0.6 is 0 Å². The molecule has 0 aliphatic carbocycles. The van der Waals surface area contributed by atoms with E-state index in [1.807, 2.05) is 20.8 Å². The van der Waals surface area contributed by atoms with Crippen LogP contribution in [-0.2, 0) is 9.47 Å². The number of hydrogen-bond acceptors (Lipinski definition) is 3. The molecule has 1 amide bonds. The van der Waals surface area contributed by atoms with E-state index < -0.39 is 6.09 Å². The fourth-order valence-electron chi connectivity index (χ4n) is 1.30. The van der Waals surface area contributed by atoms with Crippen LogP contribution in [0.15, 0.2) is 25.1 Å². The quantitative estimate of drug-likeness (QED) is 0.659. The molecule has 1 atom stereocenters. The van der Waals surface area contributed by atoms with Crippen molar-refractivity contribution in [2.75, 3.05) is 6.61 Å². The van der Waals surface area contributed by atoms with Gasteiger partial charge in [0.15, 0.2) is 6.23 Å². The van der Waals surface area contributed by atoms with Crippen LogP contribution in [0.5, 0.6) is 0 Å². The predicted octanol–water partition coefficient (Wildman–Crippen LogP) is 2.48. The summed E-state index contributed by atoms with van der Waals surface area (Å²) in [5, 5.41) is 0. The molecule has 0 spiro atoms. The van der Waals surface area contributed by atoms with Crippen LogP contribution < -0.4 is 0 Å². The van der Waals surface area contributed by atoms with E-state index in [4.69, 9.17) is 9.47 Å². The third-order valence-electron chi connectivity index (χ3n) is 1.96. The molecule has 84 valence electrons. The minimum absolute atomic E-state index is 0.156. The molecule has 0 aromatic rings. The number of rotatable bonds is 2. The number of carbonyl (C=O) groups is 1. The highest BCUT2D eigenvalue weighted by Crippen LogP contribution is 2.29. The second-order valence-electron chi connectivity index (χ2n) is 4.41. The number of nitrogens with zero attached hydrogens (tertiary/aromatic N) is 1. The fourth-order valence-corrected chi connectivity index (χ4v) is 1.30. The SMILES string of the molecule is C=CCOC(=O)N1C=CO[C@@H]1C(C)(C)C. The van der Waals surface area contributed by atoms with E-state index in [0.717, 1.165) is 0 Å². The molecule has 1 aliphatic rings. The number of carbonyl (C=O) groups excluding carboxylic acids is 1. The van der Waals surface area contributed by atoms with E-state index in [2.05, 4.69) is 6.58 Å². The lowest BCUT2D eigenvalue weighted by molar-refractivity contribution is -0.0249. The zero-order chi connectivity index (χ0) is 11.5. The van der Waals surface area contributed by atoms with Crippen molar-refractivity contribution in [3.63, 3.8) is 0 Å². The Morgan fingerprint density at radius 2 is 2.33 bits per heavy atom. The molecule has 4 nitrogen and oxygen atoms in total. The van der Waals surface area contributed by atoms with Gasteiger partial charge in [0.05, 0.1) is 0 Å². The molecule has 0 radical (unpaired) electrons. The summed E-state index contributed by atoms with van der Waals surface area (Å²) in [7, 11) is 0. The van der Waals surface area contributed by atoms with Gasteiger partial charge in [0, 0.05) is 11.6 Å². The summed E-state index contributed by atoms with van der Waals surface area (Å²) in [5.41, 5.74) is -0.156. The largest absolute Gasteiger partial charge is 0.475 e. The second kappa shape index (κ2) is 4.38. The fraction of sp³-hybridized carbons (Fsp3) is 0.545. The molecule has 0 saturated carbocycles. The molecular weight excluding hydrogens is 194 g/mol. The van der Waals surface area contributed by atoms with E-state index >= 15 is 0 Å². The highest BCUT2D eigenvalue weighted by molar-refractivity contribution is 5.69. The lowest BCUT2D eigenvalue weighted by atomic mass is 9.94. The molecule has 1 aliphatic heterocycles. The Morgan fingerprint density at radius 3 is 2.87 bits per heavy atom. The smallest absolute Gasteiger partial charge is 0.417 e. The number of amides is 1. The first-order chi connectivity index (χ1) is 6.96.